The Balaban J connectivity index is 1.45. The molecule has 28 heavy (non-hydrogen) atoms. The van der Waals surface area contributed by atoms with E-state index in [1.54, 1.807) is 0 Å². The van der Waals surface area contributed by atoms with Gasteiger partial charge in [0.25, 0.3) is 0 Å². The van der Waals surface area contributed by atoms with E-state index in [9.17, 15) is 0 Å². The van der Waals surface area contributed by atoms with Crippen LogP contribution in [0, 0.1) is 0 Å². The first-order valence-corrected chi connectivity index (χ1v) is 10.0. The third-order valence-electron chi connectivity index (χ3n) is 5.65. The summed E-state index contributed by atoms with van der Waals surface area (Å²) < 4.78 is 0. The van der Waals surface area contributed by atoms with Gasteiger partial charge < -0.3 is 9.80 Å². The molecule has 0 bridgehead atoms. The Hall–Kier alpha value is -2.66. The average molecular weight is 376 g/mol. The number of rotatable bonds is 5. The van der Waals surface area contributed by atoms with Crippen molar-refractivity contribution in [2.75, 3.05) is 44.0 Å². The van der Waals surface area contributed by atoms with Crippen molar-refractivity contribution in [1.29, 1.82) is 0 Å². The van der Waals surface area contributed by atoms with Gasteiger partial charge in [0.15, 0.2) is 0 Å². The minimum atomic E-state index is 0.437. The molecule has 0 radical (unpaired) electrons. The largest absolute Gasteiger partial charge is 0.363 e. The number of piperidine rings is 1. The Labute approximate surface area is 167 Å². The third-order valence-corrected chi connectivity index (χ3v) is 5.65. The lowest BCUT2D eigenvalue weighted by atomic mass is 10.0. The third kappa shape index (κ3) is 4.09. The van der Waals surface area contributed by atoms with E-state index in [0.29, 0.717) is 6.04 Å². The van der Waals surface area contributed by atoms with Crippen molar-refractivity contribution in [3.8, 4) is 0 Å². The summed E-state index contributed by atoms with van der Waals surface area (Å²) in [6.07, 6.45) is 4.24. The fourth-order valence-electron chi connectivity index (χ4n) is 4.01. The second-order valence-electron chi connectivity index (χ2n) is 7.93. The molecule has 0 amide bonds. The molecule has 0 N–H and O–H groups in total. The Kier molecular flexibility index (Phi) is 5.44. The monoisotopic (exact) mass is 375 g/mol. The second kappa shape index (κ2) is 8.15. The van der Waals surface area contributed by atoms with Crippen molar-refractivity contribution in [2.45, 2.75) is 25.4 Å². The molecule has 5 nitrogen and oxygen atoms in total. The van der Waals surface area contributed by atoms with Gasteiger partial charge in [-0.25, -0.2) is 4.98 Å². The molecule has 1 saturated heterocycles. The van der Waals surface area contributed by atoms with Gasteiger partial charge in [0.2, 0.25) is 5.95 Å². The summed E-state index contributed by atoms with van der Waals surface area (Å²) in [4.78, 5) is 16.1. The van der Waals surface area contributed by atoms with Crippen molar-refractivity contribution in [2.24, 2.45) is 0 Å². The van der Waals surface area contributed by atoms with Crippen LogP contribution in [0.25, 0.3) is 10.8 Å². The molecule has 2 heterocycles. The number of anilines is 2. The maximum atomic E-state index is 4.71. The van der Waals surface area contributed by atoms with Crippen molar-refractivity contribution in [1.82, 2.24) is 14.9 Å². The van der Waals surface area contributed by atoms with Crippen LogP contribution in [0.1, 0.15) is 18.4 Å². The Bertz CT molecular complexity index is 939. The highest BCUT2D eigenvalue weighted by Gasteiger charge is 2.25. The van der Waals surface area contributed by atoms with Crippen molar-refractivity contribution >= 4 is 22.5 Å². The highest BCUT2D eigenvalue weighted by Crippen LogP contribution is 2.22. The zero-order valence-electron chi connectivity index (χ0n) is 17.0. The first kappa shape index (κ1) is 18.7. The predicted molar refractivity (Wildman–Crippen MR) is 117 cm³/mol. The Morgan fingerprint density at radius 1 is 1.04 bits per heavy atom. The molecule has 4 rings (SSSR count). The summed E-state index contributed by atoms with van der Waals surface area (Å²) in [6, 6.07) is 17.8. The average Bonchev–Trinajstić information content (AvgIpc) is 2.73. The smallest absolute Gasteiger partial charge is 0.227 e. The number of benzene rings is 2. The normalized spacial score (nSPS) is 17.6. The van der Waals surface area contributed by atoms with Gasteiger partial charge in [0.1, 0.15) is 5.82 Å². The van der Waals surface area contributed by atoms with Gasteiger partial charge in [0, 0.05) is 46.5 Å². The van der Waals surface area contributed by atoms with Gasteiger partial charge in [-0.05, 0) is 47.9 Å². The number of hydrogen-bond acceptors (Lipinski definition) is 5. The lowest BCUT2D eigenvalue weighted by Crippen LogP contribution is -2.46. The summed E-state index contributed by atoms with van der Waals surface area (Å²) in [5.74, 6) is 1.75. The lowest BCUT2D eigenvalue weighted by Gasteiger charge is -2.37. The number of fused-ring (bicyclic) bond motifs is 1. The summed E-state index contributed by atoms with van der Waals surface area (Å²) in [5, 5.41) is 2.63. The fraction of sp³-hybridized carbons (Fsp3) is 0.391. The van der Waals surface area contributed by atoms with Crippen molar-refractivity contribution in [3.63, 3.8) is 0 Å². The topological polar surface area (TPSA) is 35.5 Å². The van der Waals surface area contributed by atoms with E-state index in [1.165, 1.54) is 29.2 Å². The second-order valence-corrected chi connectivity index (χ2v) is 7.93. The van der Waals surface area contributed by atoms with Gasteiger partial charge >= 0.3 is 0 Å². The van der Waals surface area contributed by atoms with Crippen molar-refractivity contribution in [3.05, 3.63) is 60.3 Å². The zero-order valence-corrected chi connectivity index (χ0v) is 17.0. The summed E-state index contributed by atoms with van der Waals surface area (Å²) >= 11 is 0. The van der Waals surface area contributed by atoms with E-state index in [1.807, 2.05) is 31.3 Å². The first-order valence-electron chi connectivity index (χ1n) is 10.0. The highest BCUT2D eigenvalue weighted by molar-refractivity contribution is 5.82. The Morgan fingerprint density at radius 2 is 1.86 bits per heavy atom. The van der Waals surface area contributed by atoms with Crippen LogP contribution in [0.3, 0.4) is 0 Å². The summed E-state index contributed by atoms with van der Waals surface area (Å²) in [6.45, 7) is 3.18. The molecule has 1 atom stereocenters. The molecule has 146 valence electrons. The van der Waals surface area contributed by atoms with Crippen LogP contribution in [0.4, 0.5) is 11.8 Å². The van der Waals surface area contributed by atoms with Crippen LogP contribution >= 0.6 is 0 Å². The van der Waals surface area contributed by atoms with Gasteiger partial charge in [0.05, 0.1) is 0 Å². The molecule has 3 aromatic rings. The zero-order chi connectivity index (χ0) is 19.5. The van der Waals surface area contributed by atoms with Gasteiger partial charge in [-0.3, -0.25) is 4.90 Å². The molecule has 1 aliphatic heterocycles. The quantitative estimate of drug-likeness (QED) is 0.678. The molecule has 5 heteroatoms. The molecule has 2 aromatic carbocycles. The number of hydrogen-bond donors (Lipinski definition) is 0. The molecule has 1 fully saturated rings. The van der Waals surface area contributed by atoms with E-state index in [-0.39, 0.29) is 0 Å². The molecule has 1 unspecified atom stereocenters. The molecule has 1 aromatic heterocycles. The lowest BCUT2D eigenvalue weighted by molar-refractivity contribution is 0.198. The minimum absolute atomic E-state index is 0.437. The minimum Gasteiger partial charge on any atom is -0.363 e. The van der Waals surface area contributed by atoms with E-state index in [0.717, 1.165) is 31.4 Å². The molecule has 1 aliphatic rings. The van der Waals surface area contributed by atoms with Crippen LogP contribution in [-0.4, -0.2) is 55.1 Å². The maximum absolute atomic E-state index is 4.71. The first-order chi connectivity index (χ1) is 13.6. The van der Waals surface area contributed by atoms with Crippen LogP contribution < -0.4 is 9.80 Å². The summed E-state index contributed by atoms with van der Waals surface area (Å²) in [7, 11) is 6.15. The molecule has 0 saturated carbocycles. The molecular weight excluding hydrogens is 346 g/mol. The van der Waals surface area contributed by atoms with Crippen LogP contribution in [0.2, 0.25) is 0 Å². The van der Waals surface area contributed by atoms with E-state index >= 15 is 0 Å². The molecular formula is C23H29N5. The van der Waals surface area contributed by atoms with Crippen molar-refractivity contribution < 1.29 is 0 Å². The molecule has 0 aliphatic carbocycles. The maximum Gasteiger partial charge on any atom is 0.227 e. The Morgan fingerprint density at radius 3 is 2.68 bits per heavy atom. The number of nitrogens with zero attached hydrogens (tertiary/aromatic N) is 5. The van der Waals surface area contributed by atoms with E-state index in [4.69, 9.17) is 4.98 Å². The SMILES string of the molecule is CN(C)c1ccnc(N(C)C2CCCN(Cc3ccc4ccccc4c3)C2)n1. The fourth-order valence-corrected chi connectivity index (χ4v) is 4.01. The van der Waals surface area contributed by atoms with Crippen LogP contribution in [0.15, 0.2) is 54.7 Å². The predicted octanol–water partition coefficient (Wildman–Crippen LogP) is 3.80. The highest BCUT2D eigenvalue weighted by atomic mass is 15.3. The number of likely N-dealkylation sites (tertiary alicyclic amines) is 1. The summed E-state index contributed by atoms with van der Waals surface area (Å²) in [5.41, 5.74) is 1.38. The van der Waals surface area contributed by atoms with Gasteiger partial charge in [-0.15, -0.1) is 0 Å². The van der Waals surface area contributed by atoms with Gasteiger partial charge in [-0.1, -0.05) is 36.4 Å². The number of likely N-dealkylation sites (N-methyl/N-ethyl adjacent to an activating group) is 1. The van der Waals surface area contributed by atoms with Crippen LogP contribution in [-0.2, 0) is 6.54 Å². The van der Waals surface area contributed by atoms with Gasteiger partial charge in [-0.2, -0.15) is 4.98 Å². The standard InChI is InChI=1S/C23H29N5/c1-26(2)22-12-13-24-23(25-22)27(3)21-9-6-14-28(17-21)16-18-10-11-19-7-4-5-8-20(19)15-18/h4-5,7-8,10-13,15,21H,6,9,14,16-17H2,1-3H3. The van der Waals surface area contributed by atoms with E-state index in [2.05, 4.69) is 64.3 Å². The van der Waals surface area contributed by atoms with E-state index < -0.39 is 0 Å². The van der Waals surface area contributed by atoms with Crippen LogP contribution in [0.5, 0.6) is 0 Å². The molecule has 0 spiro atoms. The number of aromatic nitrogens is 2.